The Hall–Kier alpha value is -1.87. The Bertz CT molecular complexity index is 563. The summed E-state index contributed by atoms with van der Waals surface area (Å²) >= 11 is 0. The summed E-state index contributed by atoms with van der Waals surface area (Å²) < 4.78 is 0. The molecule has 0 spiro atoms. The summed E-state index contributed by atoms with van der Waals surface area (Å²) in [6.45, 7) is 0.536. The molecule has 3 nitrogen and oxygen atoms in total. The zero-order valence-electron chi connectivity index (χ0n) is 10.3. The number of hydrogen-bond donors (Lipinski definition) is 2. The average Bonchev–Trinajstić information content (AvgIpc) is 2.87. The van der Waals surface area contributed by atoms with E-state index >= 15 is 0 Å². The van der Waals surface area contributed by atoms with Crippen LogP contribution in [0.4, 0.5) is 11.5 Å². The molecule has 0 saturated carbocycles. The third kappa shape index (κ3) is 2.09. The maximum absolute atomic E-state index is 5.73. The van der Waals surface area contributed by atoms with E-state index in [4.69, 9.17) is 5.73 Å². The fourth-order valence-corrected chi connectivity index (χ4v) is 2.45. The number of fused-ring (bicyclic) bond motifs is 1. The van der Waals surface area contributed by atoms with Crippen molar-refractivity contribution < 1.29 is 0 Å². The molecule has 0 unspecified atom stereocenters. The first-order chi connectivity index (χ1) is 8.86. The summed E-state index contributed by atoms with van der Waals surface area (Å²) in [7, 11) is 0. The van der Waals surface area contributed by atoms with Gasteiger partial charge in [0, 0.05) is 17.9 Å². The van der Waals surface area contributed by atoms with E-state index in [1.54, 1.807) is 0 Å². The van der Waals surface area contributed by atoms with Crippen LogP contribution in [0.2, 0.25) is 0 Å². The lowest BCUT2D eigenvalue weighted by molar-refractivity contribution is 0.900. The quantitative estimate of drug-likeness (QED) is 0.866. The fourth-order valence-electron chi connectivity index (χ4n) is 2.45. The minimum absolute atomic E-state index is 0.536. The van der Waals surface area contributed by atoms with Gasteiger partial charge >= 0.3 is 0 Å². The SMILES string of the molecule is NCc1ccccc1Nc1ccc2c(n1)CCC2. The van der Waals surface area contributed by atoms with Crippen LogP contribution >= 0.6 is 0 Å². The molecule has 0 aliphatic heterocycles. The monoisotopic (exact) mass is 239 g/mol. The molecule has 3 N–H and O–H groups in total. The number of anilines is 2. The number of nitrogens with zero attached hydrogens (tertiary/aromatic N) is 1. The molecule has 0 amide bonds. The van der Waals surface area contributed by atoms with Gasteiger partial charge in [0.2, 0.25) is 0 Å². The van der Waals surface area contributed by atoms with Gasteiger partial charge < -0.3 is 11.1 Å². The normalized spacial score (nSPS) is 13.4. The molecule has 18 heavy (non-hydrogen) atoms. The van der Waals surface area contributed by atoms with Gasteiger partial charge in [0.25, 0.3) is 0 Å². The third-order valence-corrected chi connectivity index (χ3v) is 3.43. The summed E-state index contributed by atoms with van der Waals surface area (Å²) in [5, 5.41) is 3.36. The predicted molar refractivity (Wildman–Crippen MR) is 73.9 cm³/mol. The molecule has 1 aliphatic carbocycles. The molecule has 0 fully saturated rings. The molecule has 1 aliphatic rings. The Balaban J connectivity index is 1.88. The lowest BCUT2D eigenvalue weighted by atomic mass is 10.1. The number of para-hydroxylation sites is 1. The Morgan fingerprint density at radius 3 is 2.89 bits per heavy atom. The van der Waals surface area contributed by atoms with E-state index in [9.17, 15) is 0 Å². The fraction of sp³-hybridized carbons (Fsp3) is 0.267. The number of hydrogen-bond acceptors (Lipinski definition) is 3. The molecule has 92 valence electrons. The summed E-state index contributed by atoms with van der Waals surface area (Å²) in [6.07, 6.45) is 3.50. The number of aryl methyl sites for hydroxylation is 2. The van der Waals surface area contributed by atoms with Crippen LogP contribution in [0.15, 0.2) is 36.4 Å². The van der Waals surface area contributed by atoms with Crippen LogP contribution in [0.3, 0.4) is 0 Å². The van der Waals surface area contributed by atoms with Crippen molar-refractivity contribution in [1.82, 2.24) is 4.98 Å². The van der Waals surface area contributed by atoms with E-state index < -0.39 is 0 Å². The van der Waals surface area contributed by atoms with E-state index in [0.29, 0.717) is 6.54 Å². The summed E-state index contributed by atoms with van der Waals surface area (Å²) in [5.41, 5.74) is 10.5. The van der Waals surface area contributed by atoms with Gasteiger partial charge in [0.15, 0.2) is 0 Å². The van der Waals surface area contributed by atoms with Crippen LogP contribution in [0.25, 0.3) is 0 Å². The lowest BCUT2D eigenvalue weighted by Crippen LogP contribution is -2.03. The smallest absolute Gasteiger partial charge is 0.130 e. The Labute approximate surface area is 107 Å². The summed E-state index contributed by atoms with van der Waals surface area (Å²) in [5.74, 6) is 0.913. The number of nitrogens with two attached hydrogens (primary N) is 1. The van der Waals surface area contributed by atoms with Crippen molar-refractivity contribution in [2.75, 3.05) is 5.32 Å². The van der Waals surface area contributed by atoms with Gasteiger partial charge in [-0.3, -0.25) is 0 Å². The van der Waals surface area contributed by atoms with Gasteiger partial charge in [-0.15, -0.1) is 0 Å². The van der Waals surface area contributed by atoms with Crippen molar-refractivity contribution in [1.29, 1.82) is 0 Å². The van der Waals surface area contributed by atoms with E-state index in [0.717, 1.165) is 23.5 Å². The van der Waals surface area contributed by atoms with Gasteiger partial charge in [0.05, 0.1) is 0 Å². The molecule has 0 saturated heterocycles. The summed E-state index contributed by atoms with van der Waals surface area (Å²) in [4.78, 5) is 4.67. The highest BCUT2D eigenvalue weighted by atomic mass is 15.0. The van der Waals surface area contributed by atoms with E-state index in [-0.39, 0.29) is 0 Å². The number of nitrogens with one attached hydrogen (secondary N) is 1. The van der Waals surface area contributed by atoms with E-state index in [2.05, 4.69) is 22.4 Å². The second-order valence-corrected chi connectivity index (χ2v) is 4.64. The number of pyridine rings is 1. The molecule has 0 radical (unpaired) electrons. The van der Waals surface area contributed by atoms with Gasteiger partial charge in [0.1, 0.15) is 5.82 Å². The van der Waals surface area contributed by atoms with Crippen molar-refractivity contribution in [3.8, 4) is 0 Å². The molecule has 3 heteroatoms. The number of rotatable bonds is 3. The van der Waals surface area contributed by atoms with E-state index in [1.165, 1.54) is 24.1 Å². The van der Waals surface area contributed by atoms with Crippen molar-refractivity contribution in [3.05, 3.63) is 53.2 Å². The average molecular weight is 239 g/mol. The molecular weight excluding hydrogens is 222 g/mol. The molecule has 2 aromatic rings. The molecule has 0 bridgehead atoms. The molecule has 1 aromatic carbocycles. The van der Waals surface area contributed by atoms with Crippen LogP contribution < -0.4 is 11.1 Å². The first-order valence-corrected chi connectivity index (χ1v) is 6.40. The first kappa shape index (κ1) is 11.2. The Kier molecular flexibility index (Phi) is 2.99. The van der Waals surface area contributed by atoms with Crippen molar-refractivity contribution in [2.24, 2.45) is 5.73 Å². The van der Waals surface area contributed by atoms with Gasteiger partial charge in [-0.05, 0) is 42.5 Å². The van der Waals surface area contributed by atoms with Crippen LogP contribution in [0.1, 0.15) is 23.2 Å². The summed E-state index contributed by atoms with van der Waals surface area (Å²) in [6, 6.07) is 12.3. The number of aromatic nitrogens is 1. The number of benzene rings is 1. The lowest BCUT2D eigenvalue weighted by Gasteiger charge is -2.11. The van der Waals surface area contributed by atoms with Crippen LogP contribution in [0.5, 0.6) is 0 Å². The van der Waals surface area contributed by atoms with Gasteiger partial charge in [-0.25, -0.2) is 4.98 Å². The highest BCUT2D eigenvalue weighted by Crippen LogP contribution is 2.24. The second-order valence-electron chi connectivity index (χ2n) is 4.64. The molecule has 0 atom stereocenters. The standard InChI is InChI=1S/C15H17N3/c16-10-12-4-1-2-6-14(12)18-15-9-8-11-5-3-7-13(11)17-15/h1-2,4,6,8-9H,3,5,7,10,16H2,(H,17,18). The third-order valence-electron chi connectivity index (χ3n) is 3.43. The highest BCUT2D eigenvalue weighted by molar-refractivity contribution is 5.61. The largest absolute Gasteiger partial charge is 0.340 e. The topological polar surface area (TPSA) is 50.9 Å². The zero-order chi connectivity index (χ0) is 12.4. The maximum Gasteiger partial charge on any atom is 0.130 e. The van der Waals surface area contributed by atoms with Crippen molar-refractivity contribution in [2.45, 2.75) is 25.8 Å². The zero-order valence-corrected chi connectivity index (χ0v) is 10.3. The Morgan fingerprint density at radius 1 is 1.11 bits per heavy atom. The van der Waals surface area contributed by atoms with Gasteiger partial charge in [-0.1, -0.05) is 24.3 Å². The van der Waals surface area contributed by atoms with Crippen LogP contribution in [0, 0.1) is 0 Å². The van der Waals surface area contributed by atoms with Gasteiger partial charge in [-0.2, -0.15) is 0 Å². The predicted octanol–water partition coefficient (Wildman–Crippen LogP) is 2.77. The molecular formula is C15H17N3. The first-order valence-electron chi connectivity index (χ1n) is 6.40. The second kappa shape index (κ2) is 4.78. The minimum Gasteiger partial charge on any atom is -0.340 e. The molecule has 3 rings (SSSR count). The minimum atomic E-state index is 0.536. The Morgan fingerprint density at radius 2 is 2.00 bits per heavy atom. The van der Waals surface area contributed by atoms with Crippen molar-refractivity contribution >= 4 is 11.5 Å². The maximum atomic E-state index is 5.73. The molecule has 1 heterocycles. The highest BCUT2D eigenvalue weighted by Gasteiger charge is 2.12. The van der Waals surface area contributed by atoms with Crippen LogP contribution in [-0.4, -0.2) is 4.98 Å². The van der Waals surface area contributed by atoms with Crippen LogP contribution in [-0.2, 0) is 19.4 Å². The van der Waals surface area contributed by atoms with Crippen molar-refractivity contribution in [3.63, 3.8) is 0 Å². The van der Waals surface area contributed by atoms with E-state index in [1.807, 2.05) is 24.3 Å². The molecule has 1 aromatic heterocycles.